The third-order valence-corrected chi connectivity index (χ3v) is 9.32. The van der Waals surface area contributed by atoms with Gasteiger partial charge in [0.2, 0.25) is 5.91 Å². The predicted molar refractivity (Wildman–Crippen MR) is 133 cm³/mol. The molecule has 0 bridgehead atoms. The Morgan fingerprint density at radius 2 is 1.71 bits per heavy atom. The van der Waals surface area contributed by atoms with Crippen molar-refractivity contribution in [2.45, 2.75) is 56.0 Å². The van der Waals surface area contributed by atoms with Crippen LogP contribution in [0.25, 0.3) is 0 Å². The highest BCUT2D eigenvalue weighted by molar-refractivity contribution is 7.90. The van der Waals surface area contributed by atoms with Crippen LogP contribution in [0.15, 0.2) is 30.3 Å². The summed E-state index contributed by atoms with van der Waals surface area (Å²) in [4.78, 5) is 21.1. The maximum absolute atomic E-state index is 13.1. The Balaban J connectivity index is 1.58. The van der Waals surface area contributed by atoms with Crippen LogP contribution in [0.5, 0.6) is 0 Å². The maximum atomic E-state index is 13.1. The lowest BCUT2D eigenvalue weighted by Crippen LogP contribution is -2.58. The Kier molecular flexibility index (Phi) is 7.41. The molecule has 0 radical (unpaired) electrons. The minimum Gasteiger partial charge on any atom is -0.365 e. The first-order valence-corrected chi connectivity index (χ1v) is 14.5. The van der Waals surface area contributed by atoms with Gasteiger partial charge in [-0.05, 0) is 58.2 Å². The zero-order chi connectivity index (χ0) is 24.6. The molecular formula is C25H40N4O4S. The molecule has 1 aromatic carbocycles. The Morgan fingerprint density at radius 1 is 1.09 bits per heavy atom. The van der Waals surface area contributed by atoms with Crippen molar-refractivity contribution in [3.8, 4) is 0 Å². The summed E-state index contributed by atoms with van der Waals surface area (Å²) in [6, 6.07) is 10.6. The average Bonchev–Trinajstić information content (AvgIpc) is 3.42. The largest absolute Gasteiger partial charge is 0.365 e. The van der Waals surface area contributed by atoms with Crippen molar-refractivity contribution in [3.63, 3.8) is 0 Å². The fourth-order valence-electron chi connectivity index (χ4n) is 6.25. The van der Waals surface area contributed by atoms with Gasteiger partial charge in [0.15, 0.2) is 6.35 Å². The monoisotopic (exact) mass is 492 g/mol. The van der Waals surface area contributed by atoms with Crippen LogP contribution in [0, 0.1) is 0 Å². The summed E-state index contributed by atoms with van der Waals surface area (Å²) in [5.41, 5.74) is 0.852. The molecule has 4 rings (SSSR count). The molecule has 1 spiro atoms. The van der Waals surface area contributed by atoms with Crippen LogP contribution in [0.4, 0.5) is 0 Å². The maximum Gasteiger partial charge on any atom is 0.236 e. The predicted octanol–water partition coefficient (Wildman–Crippen LogP) is 1.32. The SMILES string of the molecule is CN(C)[C@]1(c2ccccc2)CC[C@]2(CC1)CN(CCS(C)(=O)=O)C(O)N2CC(=O)N1CCCC1. The molecule has 2 heterocycles. The Labute approximate surface area is 204 Å². The number of amides is 1. The third kappa shape index (κ3) is 5.04. The molecule has 0 aromatic heterocycles. The lowest BCUT2D eigenvalue weighted by molar-refractivity contribution is -0.142. The van der Waals surface area contributed by atoms with Crippen LogP contribution >= 0.6 is 0 Å². The Hall–Kier alpha value is -1.52. The van der Waals surface area contributed by atoms with E-state index in [1.165, 1.54) is 11.8 Å². The van der Waals surface area contributed by atoms with E-state index >= 15 is 0 Å². The third-order valence-electron chi connectivity index (χ3n) is 8.40. The van der Waals surface area contributed by atoms with Crippen molar-refractivity contribution in [2.24, 2.45) is 0 Å². The van der Waals surface area contributed by atoms with E-state index in [-0.39, 0.29) is 35.8 Å². The second-order valence-corrected chi connectivity index (χ2v) is 12.9. The number of hydrogen-bond donors (Lipinski definition) is 1. The molecule has 34 heavy (non-hydrogen) atoms. The zero-order valence-electron chi connectivity index (χ0n) is 20.8. The molecular weight excluding hydrogens is 452 g/mol. The molecule has 1 amide bonds. The normalized spacial score (nSPS) is 31.1. The highest BCUT2D eigenvalue weighted by atomic mass is 32.2. The van der Waals surface area contributed by atoms with Crippen molar-refractivity contribution in [1.82, 2.24) is 19.6 Å². The lowest BCUT2D eigenvalue weighted by Gasteiger charge is -2.51. The van der Waals surface area contributed by atoms with E-state index in [2.05, 4.69) is 43.3 Å². The van der Waals surface area contributed by atoms with Crippen LogP contribution in [-0.4, -0.2) is 110 Å². The number of aliphatic hydroxyl groups excluding tert-OH is 1. The lowest BCUT2D eigenvalue weighted by atomic mass is 9.68. The van der Waals surface area contributed by atoms with E-state index < -0.39 is 16.2 Å². The van der Waals surface area contributed by atoms with Crippen LogP contribution in [0.2, 0.25) is 0 Å². The summed E-state index contributed by atoms with van der Waals surface area (Å²) in [5.74, 6) is 0.0630. The molecule has 190 valence electrons. The molecule has 1 atom stereocenters. The summed E-state index contributed by atoms with van der Waals surface area (Å²) in [5, 5.41) is 11.3. The van der Waals surface area contributed by atoms with Gasteiger partial charge in [-0.1, -0.05) is 30.3 Å². The quantitative estimate of drug-likeness (QED) is 0.615. The fourth-order valence-corrected chi connectivity index (χ4v) is 6.81. The summed E-state index contributed by atoms with van der Waals surface area (Å²) in [6.45, 7) is 2.59. The Morgan fingerprint density at radius 3 is 2.26 bits per heavy atom. The number of aliphatic hydroxyl groups is 1. The van der Waals surface area contributed by atoms with E-state index in [0.29, 0.717) is 6.54 Å². The standard InChI is InChI=1S/C25H40N4O4S/c1-26(2)25(21-9-5-4-6-10-21)13-11-24(12-14-25)20-28(17-18-34(3,32)33)23(31)29(24)19-22(30)27-15-7-8-16-27/h4-6,9-10,23,31H,7-8,11-20H2,1-3H3/t23?,24-,25+. The highest BCUT2D eigenvalue weighted by Gasteiger charge is 2.55. The van der Waals surface area contributed by atoms with Gasteiger partial charge >= 0.3 is 0 Å². The highest BCUT2D eigenvalue weighted by Crippen LogP contribution is 2.49. The summed E-state index contributed by atoms with van der Waals surface area (Å²) in [6.07, 6.45) is 5.82. The number of nitrogens with zero attached hydrogens (tertiary/aromatic N) is 4. The first-order valence-electron chi connectivity index (χ1n) is 12.4. The van der Waals surface area contributed by atoms with Gasteiger partial charge in [-0.2, -0.15) is 0 Å². The van der Waals surface area contributed by atoms with Gasteiger partial charge < -0.3 is 10.0 Å². The molecule has 1 aromatic rings. The van der Waals surface area contributed by atoms with E-state index in [0.717, 1.165) is 51.6 Å². The van der Waals surface area contributed by atoms with Crippen LogP contribution in [0.1, 0.15) is 44.1 Å². The van der Waals surface area contributed by atoms with Crippen molar-refractivity contribution in [2.75, 3.05) is 58.8 Å². The van der Waals surface area contributed by atoms with Gasteiger partial charge in [-0.25, -0.2) is 13.3 Å². The van der Waals surface area contributed by atoms with Crippen molar-refractivity contribution < 1.29 is 18.3 Å². The number of carbonyl (C=O) groups excluding carboxylic acids is 1. The summed E-state index contributed by atoms with van der Waals surface area (Å²) in [7, 11) is 1.10. The molecule has 8 nitrogen and oxygen atoms in total. The zero-order valence-corrected chi connectivity index (χ0v) is 21.6. The molecule has 1 unspecified atom stereocenters. The first kappa shape index (κ1) is 25.6. The van der Waals surface area contributed by atoms with Gasteiger partial charge in [-0.3, -0.25) is 14.6 Å². The number of carbonyl (C=O) groups is 1. The van der Waals surface area contributed by atoms with E-state index in [9.17, 15) is 18.3 Å². The Bertz CT molecular complexity index is 954. The second kappa shape index (κ2) is 9.85. The van der Waals surface area contributed by atoms with E-state index in [4.69, 9.17) is 0 Å². The number of benzene rings is 1. The molecule has 9 heteroatoms. The molecule has 1 saturated carbocycles. The number of rotatable bonds is 7. The van der Waals surface area contributed by atoms with Crippen molar-refractivity contribution >= 4 is 15.7 Å². The number of sulfone groups is 1. The molecule has 1 aliphatic carbocycles. The van der Waals surface area contributed by atoms with Gasteiger partial charge in [0, 0.05) is 43.5 Å². The number of likely N-dealkylation sites (tertiary alicyclic amines) is 1. The average molecular weight is 493 g/mol. The van der Waals surface area contributed by atoms with Gasteiger partial charge in [-0.15, -0.1) is 0 Å². The number of hydrogen-bond acceptors (Lipinski definition) is 7. The molecule has 3 fully saturated rings. The second-order valence-electron chi connectivity index (χ2n) is 10.7. The fraction of sp³-hybridized carbons (Fsp3) is 0.720. The van der Waals surface area contributed by atoms with Crippen LogP contribution < -0.4 is 0 Å². The summed E-state index contributed by atoms with van der Waals surface area (Å²) < 4.78 is 23.6. The topological polar surface area (TPSA) is 84.4 Å². The summed E-state index contributed by atoms with van der Waals surface area (Å²) >= 11 is 0. The van der Waals surface area contributed by atoms with E-state index in [1.807, 2.05) is 20.8 Å². The van der Waals surface area contributed by atoms with Crippen molar-refractivity contribution in [1.29, 1.82) is 0 Å². The van der Waals surface area contributed by atoms with E-state index in [1.54, 1.807) is 0 Å². The minimum atomic E-state index is -3.15. The first-order chi connectivity index (χ1) is 16.1. The van der Waals surface area contributed by atoms with Crippen molar-refractivity contribution in [3.05, 3.63) is 35.9 Å². The van der Waals surface area contributed by atoms with Gasteiger partial charge in [0.1, 0.15) is 9.84 Å². The van der Waals surface area contributed by atoms with Gasteiger partial charge in [0.05, 0.1) is 12.3 Å². The molecule has 2 aliphatic heterocycles. The van der Waals surface area contributed by atoms with Crippen LogP contribution in [-0.2, 0) is 20.2 Å². The molecule has 3 aliphatic rings. The molecule has 1 N–H and O–H groups in total. The minimum absolute atomic E-state index is 0.000296. The van der Waals surface area contributed by atoms with Gasteiger partial charge in [0.25, 0.3) is 0 Å². The van der Waals surface area contributed by atoms with Crippen LogP contribution in [0.3, 0.4) is 0 Å². The smallest absolute Gasteiger partial charge is 0.236 e. The molecule has 2 saturated heterocycles.